The summed E-state index contributed by atoms with van der Waals surface area (Å²) in [7, 11) is 1.40. The van der Waals surface area contributed by atoms with Gasteiger partial charge in [-0.05, 0) is 41.5 Å². The highest BCUT2D eigenvalue weighted by atomic mass is 16.6. The standard InChI is InChI=1S/2C6H12O2/c1-6(2,3)5(7)8-4;1-5(7)8-6(2,3)4/h2*1-4H3. The largest absolute Gasteiger partial charge is 0.469 e. The number of carbonyl (C=O) groups is 2. The van der Waals surface area contributed by atoms with E-state index >= 15 is 0 Å². The van der Waals surface area contributed by atoms with Crippen LogP contribution in [-0.4, -0.2) is 24.6 Å². The SMILES string of the molecule is CC(=O)OC(C)(C)C.COC(=O)C(C)(C)C. The Morgan fingerprint density at radius 1 is 0.938 bits per heavy atom. The molecule has 96 valence electrons. The average molecular weight is 232 g/mol. The van der Waals surface area contributed by atoms with Gasteiger partial charge in [0.25, 0.3) is 0 Å². The first-order valence-electron chi connectivity index (χ1n) is 5.18. The van der Waals surface area contributed by atoms with E-state index in [-0.39, 0.29) is 23.0 Å². The third-order valence-electron chi connectivity index (χ3n) is 1.25. The Balaban J connectivity index is 0. The van der Waals surface area contributed by atoms with Crippen LogP contribution in [0.5, 0.6) is 0 Å². The van der Waals surface area contributed by atoms with E-state index in [1.165, 1.54) is 14.0 Å². The minimum Gasteiger partial charge on any atom is -0.469 e. The normalized spacial score (nSPS) is 11.0. The van der Waals surface area contributed by atoms with E-state index in [4.69, 9.17) is 4.74 Å². The molecule has 4 heteroatoms. The first-order chi connectivity index (χ1) is 6.90. The summed E-state index contributed by atoms with van der Waals surface area (Å²) >= 11 is 0. The van der Waals surface area contributed by atoms with Crippen LogP contribution in [0.3, 0.4) is 0 Å². The zero-order valence-corrected chi connectivity index (χ0v) is 11.6. The molecule has 0 N–H and O–H groups in total. The number of esters is 2. The first-order valence-corrected chi connectivity index (χ1v) is 5.18. The van der Waals surface area contributed by atoms with Gasteiger partial charge in [-0.2, -0.15) is 0 Å². The van der Waals surface area contributed by atoms with E-state index in [1.807, 2.05) is 41.5 Å². The Bertz CT molecular complexity index is 230. The molecular weight excluding hydrogens is 208 g/mol. The van der Waals surface area contributed by atoms with Crippen molar-refractivity contribution in [3.63, 3.8) is 0 Å². The molecule has 4 nitrogen and oxygen atoms in total. The number of hydrogen-bond acceptors (Lipinski definition) is 4. The van der Waals surface area contributed by atoms with Crippen molar-refractivity contribution in [2.75, 3.05) is 7.11 Å². The fourth-order valence-corrected chi connectivity index (χ4v) is 0.737. The lowest BCUT2D eigenvalue weighted by atomic mass is 9.98. The topological polar surface area (TPSA) is 52.6 Å². The molecule has 0 aromatic rings. The third-order valence-corrected chi connectivity index (χ3v) is 1.25. The molecule has 0 heterocycles. The molecule has 0 amide bonds. The van der Waals surface area contributed by atoms with Crippen molar-refractivity contribution in [1.29, 1.82) is 0 Å². The minimum atomic E-state index is -0.352. The quantitative estimate of drug-likeness (QED) is 0.602. The lowest BCUT2D eigenvalue weighted by molar-refractivity contribution is -0.152. The second-order valence-corrected chi connectivity index (χ2v) is 5.45. The Kier molecular flexibility index (Phi) is 7.05. The molecule has 0 aliphatic heterocycles. The molecule has 0 saturated heterocycles. The molecule has 16 heavy (non-hydrogen) atoms. The lowest BCUT2D eigenvalue weighted by Crippen LogP contribution is -2.21. The lowest BCUT2D eigenvalue weighted by Gasteiger charge is -2.17. The Hall–Kier alpha value is -1.06. The molecule has 0 aromatic carbocycles. The molecule has 0 saturated carbocycles. The summed E-state index contributed by atoms with van der Waals surface area (Å²) in [5, 5.41) is 0. The molecule has 0 atom stereocenters. The summed E-state index contributed by atoms with van der Waals surface area (Å²) in [6, 6.07) is 0. The second-order valence-electron chi connectivity index (χ2n) is 5.45. The zero-order chi connectivity index (χ0) is 13.6. The van der Waals surface area contributed by atoms with E-state index < -0.39 is 0 Å². The number of ether oxygens (including phenoxy) is 2. The van der Waals surface area contributed by atoms with Crippen molar-refractivity contribution in [2.45, 2.75) is 54.1 Å². The van der Waals surface area contributed by atoms with Crippen LogP contribution >= 0.6 is 0 Å². The van der Waals surface area contributed by atoms with Crippen molar-refractivity contribution < 1.29 is 19.1 Å². The van der Waals surface area contributed by atoms with Gasteiger partial charge >= 0.3 is 11.9 Å². The molecule has 0 rings (SSSR count). The molecular formula is C12H24O4. The van der Waals surface area contributed by atoms with Crippen LogP contribution in [0.1, 0.15) is 48.5 Å². The molecule has 0 radical (unpaired) electrons. The first kappa shape index (κ1) is 17.3. The number of hydrogen-bond donors (Lipinski definition) is 0. The van der Waals surface area contributed by atoms with Gasteiger partial charge < -0.3 is 9.47 Å². The van der Waals surface area contributed by atoms with Gasteiger partial charge in [0.1, 0.15) is 5.60 Å². The van der Waals surface area contributed by atoms with Crippen LogP contribution in [0.2, 0.25) is 0 Å². The van der Waals surface area contributed by atoms with E-state index in [0.717, 1.165) is 0 Å². The van der Waals surface area contributed by atoms with Crippen molar-refractivity contribution in [1.82, 2.24) is 0 Å². The van der Waals surface area contributed by atoms with Crippen molar-refractivity contribution in [3.8, 4) is 0 Å². The highest BCUT2D eigenvalue weighted by molar-refractivity contribution is 5.75. The van der Waals surface area contributed by atoms with Crippen LogP contribution < -0.4 is 0 Å². The maximum absolute atomic E-state index is 10.6. The van der Waals surface area contributed by atoms with Crippen molar-refractivity contribution >= 4 is 11.9 Å². The van der Waals surface area contributed by atoms with Gasteiger partial charge in [0, 0.05) is 6.92 Å². The zero-order valence-electron chi connectivity index (χ0n) is 11.6. The summed E-state index contributed by atoms with van der Waals surface area (Å²) in [6.07, 6.45) is 0. The third kappa shape index (κ3) is 12.9. The summed E-state index contributed by atoms with van der Waals surface area (Å²) in [6.45, 7) is 12.4. The van der Waals surface area contributed by atoms with Crippen LogP contribution in [0.4, 0.5) is 0 Å². The van der Waals surface area contributed by atoms with Crippen LogP contribution in [-0.2, 0) is 19.1 Å². The monoisotopic (exact) mass is 232 g/mol. The van der Waals surface area contributed by atoms with Gasteiger partial charge in [0.15, 0.2) is 0 Å². The predicted molar refractivity (Wildman–Crippen MR) is 63.0 cm³/mol. The smallest absolute Gasteiger partial charge is 0.310 e. The van der Waals surface area contributed by atoms with Gasteiger partial charge in [0.2, 0.25) is 0 Å². The van der Waals surface area contributed by atoms with E-state index in [1.54, 1.807) is 0 Å². The van der Waals surface area contributed by atoms with Crippen LogP contribution in [0.25, 0.3) is 0 Å². The maximum Gasteiger partial charge on any atom is 0.310 e. The predicted octanol–water partition coefficient (Wildman–Crippen LogP) is 2.55. The van der Waals surface area contributed by atoms with Gasteiger partial charge in [-0.15, -0.1) is 0 Å². The summed E-state index contributed by atoms with van der Waals surface area (Å²) in [5.41, 5.74) is -0.680. The molecule has 0 bridgehead atoms. The van der Waals surface area contributed by atoms with E-state index in [0.29, 0.717) is 0 Å². The molecule has 0 aliphatic carbocycles. The summed E-state index contributed by atoms with van der Waals surface area (Å²) < 4.78 is 9.27. The minimum absolute atomic E-state index is 0.169. The van der Waals surface area contributed by atoms with Crippen LogP contribution in [0, 0.1) is 5.41 Å². The van der Waals surface area contributed by atoms with Crippen molar-refractivity contribution in [3.05, 3.63) is 0 Å². The summed E-state index contributed by atoms with van der Waals surface area (Å²) in [5.74, 6) is -0.394. The number of rotatable bonds is 0. The van der Waals surface area contributed by atoms with Gasteiger partial charge in [-0.1, -0.05) is 0 Å². The molecule has 0 aliphatic rings. The van der Waals surface area contributed by atoms with Crippen molar-refractivity contribution in [2.24, 2.45) is 5.41 Å². The number of carbonyl (C=O) groups excluding carboxylic acids is 2. The molecule has 0 unspecified atom stereocenters. The average Bonchev–Trinajstić information content (AvgIpc) is 1.97. The Morgan fingerprint density at radius 3 is 1.31 bits per heavy atom. The highest BCUT2D eigenvalue weighted by Gasteiger charge is 2.21. The van der Waals surface area contributed by atoms with Crippen LogP contribution in [0.15, 0.2) is 0 Å². The van der Waals surface area contributed by atoms with Gasteiger partial charge in [-0.3, -0.25) is 9.59 Å². The van der Waals surface area contributed by atoms with E-state index in [2.05, 4.69) is 4.74 Å². The second kappa shape index (κ2) is 6.51. The Labute approximate surface area is 98.3 Å². The van der Waals surface area contributed by atoms with Gasteiger partial charge in [-0.25, -0.2) is 0 Å². The maximum atomic E-state index is 10.6. The highest BCUT2D eigenvalue weighted by Crippen LogP contribution is 2.13. The fourth-order valence-electron chi connectivity index (χ4n) is 0.737. The molecule has 0 fully saturated rings. The van der Waals surface area contributed by atoms with E-state index in [9.17, 15) is 9.59 Å². The fraction of sp³-hybridized carbons (Fsp3) is 0.833. The number of methoxy groups -OCH3 is 1. The molecule has 0 aromatic heterocycles. The van der Waals surface area contributed by atoms with Gasteiger partial charge in [0.05, 0.1) is 12.5 Å². The summed E-state index contributed by atoms with van der Waals surface area (Å²) in [4.78, 5) is 20.8. The Morgan fingerprint density at radius 2 is 1.31 bits per heavy atom. The molecule has 0 spiro atoms.